The van der Waals surface area contributed by atoms with Gasteiger partial charge in [-0.1, -0.05) is 18.2 Å². The average Bonchev–Trinajstić information content (AvgIpc) is 2.95. The Kier molecular flexibility index (Phi) is 2.02. The van der Waals surface area contributed by atoms with Crippen molar-refractivity contribution in [3.8, 4) is 5.75 Å². The van der Waals surface area contributed by atoms with E-state index in [-0.39, 0.29) is 0 Å². The Morgan fingerprint density at radius 2 is 2.29 bits per heavy atom. The van der Waals surface area contributed by atoms with Crippen molar-refractivity contribution in [3.05, 3.63) is 65.3 Å². The summed E-state index contributed by atoms with van der Waals surface area (Å²) in [5, 5.41) is 0. The molecular formula is C19H18FNO3. The number of methoxy groups -OCH3 is 1. The number of carbonyl (C=O) groups excluding carboxylic acids is 1. The highest BCUT2D eigenvalue weighted by Gasteiger charge is 2.25. The lowest BCUT2D eigenvalue weighted by molar-refractivity contribution is -0.141. The van der Waals surface area contributed by atoms with Crippen molar-refractivity contribution in [2.75, 3.05) is 7.11 Å². The van der Waals surface area contributed by atoms with E-state index in [9.17, 15) is 9.18 Å². The summed E-state index contributed by atoms with van der Waals surface area (Å²) in [5.41, 5.74) is -2.86. The highest BCUT2D eigenvalue weighted by Crippen LogP contribution is 2.22. The topological polar surface area (TPSA) is 47.9 Å². The van der Waals surface area contributed by atoms with Crippen LogP contribution in [0.1, 0.15) is 41.7 Å². The standard InChI is InChI=1S/C19H18FNO3/c1-23-19(22)18-11-10-17(21-18)13-6-8-15(9-7-13)24-12-14-4-2-3-5-16(14)20/h2-9,18H,10-12H2,1H3/t18-/m0/s1/i3D,5D,6D,7D,8D,9D,10D2,11D2,12D2,18D. The van der Waals surface area contributed by atoms with Gasteiger partial charge in [-0.25, -0.2) is 9.18 Å². The van der Waals surface area contributed by atoms with Crippen LogP contribution in [0, 0.1) is 5.82 Å². The number of carbonyl (C=O) groups is 1. The zero-order valence-electron chi connectivity index (χ0n) is 25.2. The molecule has 5 heteroatoms. The smallest absolute Gasteiger partial charge is 0.330 e. The van der Waals surface area contributed by atoms with Gasteiger partial charge in [0, 0.05) is 16.8 Å². The van der Waals surface area contributed by atoms with Gasteiger partial charge in [0.15, 0.2) is 0 Å². The summed E-state index contributed by atoms with van der Waals surface area (Å²) in [6, 6.07) is -7.24. The predicted octanol–water partition coefficient (Wildman–Crippen LogP) is 3.53. The highest BCUT2D eigenvalue weighted by molar-refractivity contribution is 6.03. The summed E-state index contributed by atoms with van der Waals surface area (Å²) in [5.74, 6) is -4.05. The first-order chi connectivity index (χ1) is 16.8. The quantitative estimate of drug-likeness (QED) is 0.782. The fourth-order valence-corrected chi connectivity index (χ4v) is 1.62. The molecule has 3 rings (SSSR count). The van der Waals surface area contributed by atoms with Gasteiger partial charge >= 0.3 is 5.97 Å². The molecule has 1 aliphatic heterocycles. The first-order valence-corrected chi connectivity index (χ1v) is 6.52. The van der Waals surface area contributed by atoms with E-state index in [0.29, 0.717) is 0 Å². The van der Waals surface area contributed by atoms with E-state index in [1.807, 2.05) is 0 Å². The fraction of sp³-hybridized carbons (Fsp3) is 0.263. The van der Waals surface area contributed by atoms with Crippen LogP contribution in [0.15, 0.2) is 53.4 Å². The number of ether oxygens (including phenoxy) is 2. The number of nitrogens with zero attached hydrogens (tertiary/aromatic N) is 1. The van der Waals surface area contributed by atoms with E-state index in [2.05, 4.69) is 9.73 Å². The Hall–Kier alpha value is -2.69. The van der Waals surface area contributed by atoms with Gasteiger partial charge in [-0.15, -0.1) is 0 Å². The Labute approximate surface area is 158 Å². The van der Waals surface area contributed by atoms with E-state index < -0.39 is 96.0 Å². The number of aliphatic imine (C=N–C) groups is 1. The molecule has 0 unspecified atom stereocenters. The summed E-state index contributed by atoms with van der Waals surface area (Å²) in [6.07, 6.45) is -6.65. The predicted molar refractivity (Wildman–Crippen MR) is 88.7 cm³/mol. The monoisotopic (exact) mass is 340 g/mol. The van der Waals surface area contributed by atoms with Crippen molar-refractivity contribution < 1.29 is 36.5 Å². The van der Waals surface area contributed by atoms with Crippen LogP contribution >= 0.6 is 0 Å². The molecule has 1 aliphatic rings. The van der Waals surface area contributed by atoms with Crippen molar-refractivity contribution in [1.29, 1.82) is 0 Å². The van der Waals surface area contributed by atoms with Crippen LogP contribution in [0.5, 0.6) is 5.75 Å². The number of benzene rings is 2. The van der Waals surface area contributed by atoms with Gasteiger partial charge in [0.1, 0.15) is 24.1 Å². The zero-order valence-corrected chi connectivity index (χ0v) is 12.2. The number of esters is 1. The molecule has 0 N–H and O–H groups in total. The lowest BCUT2D eigenvalue weighted by Crippen LogP contribution is -2.16. The summed E-state index contributed by atoms with van der Waals surface area (Å²) in [4.78, 5) is 15.6. The molecule has 1 heterocycles. The van der Waals surface area contributed by atoms with Crippen LogP contribution < -0.4 is 4.74 Å². The molecule has 2 aromatic rings. The van der Waals surface area contributed by atoms with E-state index in [0.717, 1.165) is 19.2 Å². The second kappa shape index (κ2) is 7.25. The van der Waals surface area contributed by atoms with Crippen LogP contribution in [0.25, 0.3) is 0 Å². The van der Waals surface area contributed by atoms with Crippen LogP contribution in [0.4, 0.5) is 4.39 Å². The second-order valence-electron chi connectivity index (χ2n) is 4.29. The van der Waals surface area contributed by atoms with E-state index in [1.165, 1.54) is 0 Å². The van der Waals surface area contributed by atoms with E-state index >= 15 is 0 Å². The molecule has 0 radical (unpaired) electrons. The largest absolute Gasteiger partial charge is 0.489 e. The molecule has 0 aromatic heterocycles. The molecule has 4 nitrogen and oxygen atoms in total. The van der Waals surface area contributed by atoms with E-state index in [4.69, 9.17) is 22.6 Å². The van der Waals surface area contributed by atoms with E-state index in [1.54, 1.807) is 0 Å². The van der Waals surface area contributed by atoms with Gasteiger partial charge in [0.2, 0.25) is 0 Å². The molecule has 0 saturated heterocycles. The molecule has 1 atom stereocenters. The second-order valence-corrected chi connectivity index (χ2v) is 4.29. The number of hydrogen-bond donors (Lipinski definition) is 0. The van der Waals surface area contributed by atoms with Gasteiger partial charge < -0.3 is 9.47 Å². The molecule has 0 aliphatic carbocycles. The van der Waals surface area contributed by atoms with Crippen LogP contribution in [0.2, 0.25) is 0 Å². The third-order valence-corrected chi connectivity index (χ3v) is 2.76. The number of hydrogen-bond acceptors (Lipinski definition) is 4. The summed E-state index contributed by atoms with van der Waals surface area (Å²) < 4.78 is 129. The van der Waals surface area contributed by atoms with Crippen molar-refractivity contribution in [3.63, 3.8) is 0 Å². The van der Waals surface area contributed by atoms with Crippen molar-refractivity contribution in [1.82, 2.24) is 0 Å². The van der Waals surface area contributed by atoms with Crippen LogP contribution in [0.3, 0.4) is 0 Å². The molecule has 0 spiro atoms. The molecule has 0 saturated carbocycles. The molecule has 0 fully saturated rings. The normalized spacial score (nSPS) is 32.2. The molecule has 124 valence electrons. The Morgan fingerprint density at radius 3 is 3.04 bits per heavy atom. The first kappa shape index (κ1) is 6.67. The minimum Gasteiger partial charge on any atom is -0.489 e. The third-order valence-electron chi connectivity index (χ3n) is 2.76. The molecule has 2 aromatic carbocycles. The first-order valence-electron chi connectivity index (χ1n) is 13.0. The van der Waals surface area contributed by atoms with Crippen LogP contribution in [-0.2, 0) is 16.1 Å². The van der Waals surface area contributed by atoms with Crippen molar-refractivity contribution in [2.24, 2.45) is 4.99 Å². The summed E-state index contributed by atoms with van der Waals surface area (Å²) >= 11 is 0. The van der Waals surface area contributed by atoms with Gasteiger partial charge in [0.05, 0.1) is 19.4 Å². The lowest BCUT2D eigenvalue weighted by Gasteiger charge is -2.08. The minimum atomic E-state index is -3.37. The maximum atomic E-state index is 14.5. The molecule has 0 bridgehead atoms. The fourth-order valence-electron chi connectivity index (χ4n) is 1.62. The van der Waals surface area contributed by atoms with Crippen LogP contribution in [-0.4, -0.2) is 24.8 Å². The van der Waals surface area contributed by atoms with Crippen molar-refractivity contribution >= 4 is 11.7 Å². The molecule has 24 heavy (non-hydrogen) atoms. The van der Waals surface area contributed by atoms with Gasteiger partial charge in [-0.3, -0.25) is 4.99 Å². The average molecular weight is 340 g/mol. The van der Waals surface area contributed by atoms with Gasteiger partial charge in [0.25, 0.3) is 0 Å². The Balaban J connectivity index is 2.22. The maximum absolute atomic E-state index is 14.5. The Morgan fingerprint density at radius 1 is 1.50 bits per heavy atom. The zero-order chi connectivity index (χ0) is 28.5. The minimum absolute atomic E-state index is 0.547. The third kappa shape index (κ3) is 3.62. The summed E-state index contributed by atoms with van der Waals surface area (Å²) in [6.45, 7) is -3.15. The van der Waals surface area contributed by atoms with Gasteiger partial charge in [-0.2, -0.15) is 0 Å². The lowest BCUT2D eigenvalue weighted by atomic mass is 10.1. The Bertz CT molecular complexity index is 1320. The molecule has 0 amide bonds. The maximum Gasteiger partial charge on any atom is 0.330 e. The SMILES string of the molecule is [2H]c1ccc(C([2H])([2H])Oc2c([2H])c([2H])c(C3=N[C@]([2H])(C(=O)OC)C([2H])([2H])C3([2H])[2H])c([2H])c2[2H])c(F)c1[2H]. The van der Waals surface area contributed by atoms with Crippen molar-refractivity contribution in [2.45, 2.75) is 25.3 Å². The molecular weight excluding hydrogens is 309 g/mol. The van der Waals surface area contributed by atoms with Gasteiger partial charge in [-0.05, 0) is 48.5 Å². The highest BCUT2D eigenvalue weighted by atomic mass is 19.1. The summed E-state index contributed by atoms with van der Waals surface area (Å²) in [7, 11) is 0.817. The number of rotatable bonds is 5. The number of halogens is 1.